The van der Waals surface area contributed by atoms with Crippen LogP contribution >= 0.6 is 0 Å². The van der Waals surface area contributed by atoms with Crippen LogP contribution < -0.4 is 10.6 Å². The summed E-state index contributed by atoms with van der Waals surface area (Å²) in [6.07, 6.45) is 1.46. The fraction of sp³-hybridized carbons (Fsp3) is 0.235. The molecule has 1 aromatic rings. The van der Waals surface area contributed by atoms with Crippen molar-refractivity contribution in [3.05, 3.63) is 59.3 Å². The Morgan fingerprint density at radius 2 is 1.92 bits per heavy atom. The van der Waals surface area contributed by atoms with Crippen LogP contribution in [0.15, 0.2) is 48.2 Å². The first-order valence-corrected chi connectivity index (χ1v) is 7.22. The van der Waals surface area contributed by atoms with Gasteiger partial charge in [-0.3, -0.25) is 0 Å². The van der Waals surface area contributed by atoms with Crippen LogP contribution in [-0.4, -0.2) is 31.7 Å². The van der Waals surface area contributed by atoms with Crippen LogP contribution in [0.25, 0.3) is 0 Å². The monoisotopic (exact) mass is 330 g/mol. The second-order valence-electron chi connectivity index (χ2n) is 5.07. The van der Waals surface area contributed by atoms with Gasteiger partial charge in [-0.2, -0.15) is 0 Å². The molecule has 0 spiro atoms. The lowest BCUT2D eigenvalue weighted by molar-refractivity contribution is -0.138. The van der Waals surface area contributed by atoms with Crippen LogP contribution in [0, 0.1) is 0 Å². The van der Waals surface area contributed by atoms with E-state index in [0.29, 0.717) is 22.4 Å². The van der Waals surface area contributed by atoms with Crippen molar-refractivity contribution in [1.29, 1.82) is 0 Å². The number of hydrogen-bond donors (Lipinski definition) is 2. The zero-order valence-electron chi connectivity index (χ0n) is 13.4. The van der Waals surface area contributed by atoms with E-state index in [1.54, 1.807) is 31.2 Å². The highest BCUT2D eigenvalue weighted by Gasteiger charge is 2.32. The molecule has 1 heterocycles. The van der Waals surface area contributed by atoms with Crippen molar-refractivity contribution in [2.75, 3.05) is 13.7 Å². The second kappa shape index (κ2) is 7.45. The summed E-state index contributed by atoms with van der Waals surface area (Å²) in [7, 11) is 1.29. The van der Waals surface area contributed by atoms with E-state index < -0.39 is 24.0 Å². The van der Waals surface area contributed by atoms with Crippen molar-refractivity contribution >= 4 is 18.0 Å². The number of carbonyl (C=O) groups is 3. The van der Waals surface area contributed by atoms with Gasteiger partial charge in [0, 0.05) is 5.70 Å². The molecule has 1 aliphatic heterocycles. The summed E-state index contributed by atoms with van der Waals surface area (Å²) in [6, 6.07) is 5.33. The molecule has 0 unspecified atom stereocenters. The minimum atomic E-state index is -0.678. The number of esters is 2. The van der Waals surface area contributed by atoms with E-state index in [1.165, 1.54) is 13.2 Å². The number of allylic oxidation sites excluding steroid dienone is 1. The van der Waals surface area contributed by atoms with E-state index in [0.717, 1.165) is 0 Å². The summed E-state index contributed by atoms with van der Waals surface area (Å²) in [5.41, 5.74) is 1.72. The first-order valence-electron chi connectivity index (χ1n) is 7.22. The molecule has 24 heavy (non-hydrogen) atoms. The summed E-state index contributed by atoms with van der Waals surface area (Å²) in [5.74, 6) is -1.02. The lowest BCUT2D eigenvalue weighted by Crippen LogP contribution is -2.45. The number of carbonyl (C=O) groups excluding carboxylic acids is 3. The van der Waals surface area contributed by atoms with Gasteiger partial charge in [0.25, 0.3) is 0 Å². The van der Waals surface area contributed by atoms with Crippen LogP contribution in [0.1, 0.15) is 28.9 Å². The number of methoxy groups -OCH3 is 1. The van der Waals surface area contributed by atoms with E-state index in [-0.39, 0.29) is 6.61 Å². The quantitative estimate of drug-likeness (QED) is 0.634. The van der Waals surface area contributed by atoms with Crippen molar-refractivity contribution in [3.8, 4) is 0 Å². The van der Waals surface area contributed by atoms with Gasteiger partial charge in [0.1, 0.15) is 6.61 Å². The fourth-order valence-corrected chi connectivity index (χ4v) is 2.36. The molecule has 0 bridgehead atoms. The van der Waals surface area contributed by atoms with E-state index in [9.17, 15) is 14.4 Å². The normalized spacial score (nSPS) is 16.8. The van der Waals surface area contributed by atoms with Crippen LogP contribution in [0.2, 0.25) is 0 Å². The van der Waals surface area contributed by atoms with Gasteiger partial charge in [-0.1, -0.05) is 24.8 Å². The Bertz CT molecular complexity index is 706. The Hall–Kier alpha value is -3.09. The van der Waals surface area contributed by atoms with Crippen molar-refractivity contribution in [2.45, 2.75) is 13.0 Å². The van der Waals surface area contributed by atoms with Crippen LogP contribution in [0.5, 0.6) is 0 Å². The maximum Gasteiger partial charge on any atom is 0.338 e. The Labute approximate surface area is 139 Å². The van der Waals surface area contributed by atoms with Crippen molar-refractivity contribution in [2.24, 2.45) is 0 Å². The number of hydrogen-bond acceptors (Lipinski definition) is 5. The fourth-order valence-electron chi connectivity index (χ4n) is 2.36. The molecule has 7 heteroatoms. The highest BCUT2D eigenvalue weighted by molar-refractivity contribution is 5.95. The maximum absolute atomic E-state index is 12.3. The number of amides is 2. The highest BCUT2D eigenvalue weighted by Crippen LogP contribution is 2.27. The van der Waals surface area contributed by atoms with Gasteiger partial charge >= 0.3 is 18.0 Å². The molecular formula is C17H18N2O5. The lowest BCUT2D eigenvalue weighted by atomic mass is 9.95. The molecule has 2 N–H and O–H groups in total. The summed E-state index contributed by atoms with van der Waals surface area (Å²) in [5, 5.41) is 5.24. The summed E-state index contributed by atoms with van der Waals surface area (Å²) < 4.78 is 9.73. The summed E-state index contributed by atoms with van der Waals surface area (Å²) in [6.45, 7) is 5.19. The zero-order chi connectivity index (χ0) is 17.7. The second-order valence-corrected chi connectivity index (χ2v) is 5.07. The summed E-state index contributed by atoms with van der Waals surface area (Å²) >= 11 is 0. The number of nitrogens with one attached hydrogen (secondary N) is 2. The van der Waals surface area contributed by atoms with Gasteiger partial charge in [-0.05, 0) is 24.6 Å². The van der Waals surface area contributed by atoms with Gasteiger partial charge in [0.15, 0.2) is 0 Å². The molecule has 0 fully saturated rings. The van der Waals surface area contributed by atoms with E-state index in [2.05, 4.69) is 21.9 Å². The van der Waals surface area contributed by atoms with Crippen LogP contribution in [0.4, 0.5) is 4.79 Å². The number of benzene rings is 1. The molecule has 7 nitrogen and oxygen atoms in total. The molecule has 2 rings (SSSR count). The first-order chi connectivity index (χ1) is 11.5. The first kappa shape index (κ1) is 17.3. The average Bonchev–Trinajstić information content (AvgIpc) is 2.58. The molecule has 1 aliphatic rings. The van der Waals surface area contributed by atoms with E-state index >= 15 is 0 Å². The molecule has 0 aliphatic carbocycles. The third-order valence-corrected chi connectivity index (χ3v) is 3.49. The number of urea groups is 1. The van der Waals surface area contributed by atoms with Crippen molar-refractivity contribution in [3.63, 3.8) is 0 Å². The lowest BCUT2D eigenvalue weighted by Gasteiger charge is -2.28. The van der Waals surface area contributed by atoms with Gasteiger partial charge < -0.3 is 20.1 Å². The van der Waals surface area contributed by atoms with Crippen LogP contribution in [-0.2, 0) is 14.3 Å². The third-order valence-electron chi connectivity index (χ3n) is 3.49. The number of rotatable bonds is 5. The molecular weight excluding hydrogens is 312 g/mol. The number of ether oxygens (including phenoxy) is 2. The predicted octanol–water partition coefficient (Wildman–Crippen LogP) is 1.83. The molecule has 2 amide bonds. The standard InChI is InChI=1S/C17H18N2O5/c1-4-9-24-16(21)13-10(2)18-17(22)19-14(13)11-5-7-12(8-6-11)15(20)23-3/h4-8,14H,1,9H2,2-3H3,(H2,18,19,22)/t14-/m1/s1. The molecule has 0 aromatic heterocycles. The maximum atomic E-state index is 12.3. The van der Waals surface area contributed by atoms with E-state index in [4.69, 9.17) is 4.74 Å². The molecule has 1 aromatic carbocycles. The largest absolute Gasteiger partial charge is 0.465 e. The SMILES string of the molecule is C=CCOC(=O)C1=C(C)NC(=O)N[C@@H]1c1ccc(C(=O)OC)cc1. The summed E-state index contributed by atoms with van der Waals surface area (Å²) in [4.78, 5) is 35.5. The van der Waals surface area contributed by atoms with Gasteiger partial charge in [-0.15, -0.1) is 0 Å². The highest BCUT2D eigenvalue weighted by atomic mass is 16.5. The smallest absolute Gasteiger partial charge is 0.338 e. The third kappa shape index (κ3) is 3.62. The average molecular weight is 330 g/mol. The van der Waals surface area contributed by atoms with Gasteiger partial charge in [0.2, 0.25) is 0 Å². The molecule has 1 atom stereocenters. The van der Waals surface area contributed by atoms with Gasteiger partial charge in [-0.25, -0.2) is 14.4 Å². The zero-order valence-corrected chi connectivity index (χ0v) is 13.4. The molecule has 0 saturated carbocycles. The van der Waals surface area contributed by atoms with Gasteiger partial charge in [0.05, 0.1) is 24.3 Å². The molecule has 126 valence electrons. The predicted molar refractivity (Wildman–Crippen MR) is 86.0 cm³/mol. The Morgan fingerprint density at radius 3 is 2.50 bits per heavy atom. The van der Waals surface area contributed by atoms with Crippen molar-refractivity contribution < 1.29 is 23.9 Å². The van der Waals surface area contributed by atoms with Crippen LogP contribution in [0.3, 0.4) is 0 Å². The topological polar surface area (TPSA) is 93.7 Å². The Balaban J connectivity index is 2.35. The minimum absolute atomic E-state index is 0.0670. The Morgan fingerprint density at radius 1 is 1.25 bits per heavy atom. The van der Waals surface area contributed by atoms with Crippen molar-refractivity contribution in [1.82, 2.24) is 10.6 Å². The molecule has 0 saturated heterocycles. The molecule has 0 radical (unpaired) electrons. The van der Waals surface area contributed by atoms with E-state index in [1.807, 2.05) is 0 Å². The Kier molecular flexibility index (Phi) is 5.36. The minimum Gasteiger partial charge on any atom is -0.465 e.